The molecule has 0 unspecified atom stereocenters. The highest BCUT2D eigenvalue weighted by Crippen LogP contribution is 2.44. The van der Waals surface area contributed by atoms with Gasteiger partial charge in [-0.2, -0.15) is 0 Å². The first kappa shape index (κ1) is 17.6. The molecule has 24 heavy (non-hydrogen) atoms. The fourth-order valence-corrected chi connectivity index (χ4v) is 2.92. The van der Waals surface area contributed by atoms with Crippen molar-refractivity contribution in [3.63, 3.8) is 0 Å². The monoisotopic (exact) mass is 326 g/mol. The van der Waals surface area contributed by atoms with Crippen LogP contribution in [-0.2, 0) is 6.42 Å². The summed E-state index contributed by atoms with van der Waals surface area (Å²) < 4.78 is 0. The van der Waals surface area contributed by atoms with E-state index in [1.54, 1.807) is 0 Å². The van der Waals surface area contributed by atoms with Crippen LogP contribution in [-0.4, -0.2) is 21.3 Å². The topological polar surface area (TPSA) is 77.8 Å². The van der Waals surface area contributed by atoms with Crippen LogP contribution < -0.4 is 0 Å². The Hall–Kier alpha value is -2.75. The summed E-state index contributed by atoms with van der Waals surface area (Å²) in [6, 6.07) is 7.01. The molecule has 2 rings (SSSR count). The highest BCUT2D eigenvalue weighted by atomic mass is 16.4. The van der Waals surface area contributed by atoms with E-state index in [0.29, 0.717) is 24.0 Å². The van der Waals surface area contributed by atoms with Gasteiger partial charge in [0.2, 0.25) is 0 Å². The van der Waals surface area contributed by atoms with Crippen molar-refractivity contribution in [1.29, 1.82) is 0 Å². The summed E-state index contributed by atoms with van der Waals surface area (Å²) in [5.74, 6) is -1.74. The highest BCUT2D eigenvalue weighted by molar-refractivity contribution is 5.98. The second-order valence-corrected chi connectivity index (χ2v) is 6.04. The van der Waals surface area contributed by atoms with Crippen LogP contribution in [0, 0.1) is 6.92 Å². The number of allylic oxidation sites excluding steroid dienone is 1. The van der Waals surface area contributed by atoms with Crippen LogP contribution in [0.15, 0.2) is 30.8 Å². The van der Waals surface area contributed by atoms with E-state index < -0.39 is 11.7 Å². The molecule has 4 nitrogen and oxygen atoms in total. The third kappa shape index (κ3) is 3.13. The minimum absolute atomic E-state index is 0.131. The van der Waals surface area contributed by atoms with E-state index in [1.807, 2.05) is 39.0 Å². The van der Waals surface area contributed by atoms with Gasteiger partial charge in [0.05, 0.1) is 5.56 Å². The number of aromatic carboxylic acids is 1. The van der Waals surface area contributed by atoms with Gasteiger partial charge in [-0.15, -0.1) is 0 Å². The fourth-order valence-electron chi connectivity index (χ4n) is 2.92. The van der Waals surface area contributed by atoms with Crippen molar-refractivity contribution in [1.82, 2.24) is 0 Å². The van der Waals surface area contributed by atoms with E-state index >= 15 is 0 Å². The molecule has 0 aliphatic carbocycles. The lowest BCUT2D eigenvalue weighted by Crippen LogP contribution is -2.05. The summed E-state index contributed by atoms with van der Waals surface area (Å²) in [5, 5.41) is 30.6. The van der Waals surface area contributed by atoms with Crippen LogP contribution >= 0.6 is 0 Å². The van der Waals surface area contributed by atoms with Crippen molar-refractivity contribution in [2.75, 3.05) is 0 Å². The van der Waals surface area contributed by atoms with Crippen LogP contribution in [0.2, 0.25) is 0 Å². The number of hydrogen-bond acceptors (Lipinski definition) is 3. The molecule has 0 fully saturated rings. The number of carboxylic acids is 1. The summed E-state index contributed by atoms with van der Waals surface area (Å²) in [6.45, 7) is 9.55. The number of phenols is 2. The van der Waals surface area contributed by atoms with E-state index in [9.17, 15) is 20.1 Å². The molecular weight excluding hydrogens is 304 g/mol. The van der Waals surface area contributed by atoms with Gasteiger partial charge in [0.15, 0.2) is 0 Å². The summed E-state index contributed by atoms with van der Waals surface area (Å²) in [4.78, 5) is 11.6. The van der Waals surface area contributed by atoms with Crippen molar-refractivity contribution in [3.05, 3.63) is 53.1 Å². The number of benzene rings is 2. The molecule has 0 aliphatic heterocycles. The van der Waals surface area contributed by atoms with Crippen LogP contribution in [0.25, 0.3) is 16.7 Å². The first-order valence-corrected chi connectivity index (χ1v) is 7.85. The molecule has 0 saturated heterocycles. The van der Waals surface area contributed by atoms with Crippen molar-refractivity contribution in [2.45, 2.75) is 33.6 Å². The number of aromatic hydroxyl groups is 2. The van der Waals surface area contributed by atoms with Gasteiger partial charge in [0, 0.05) is 0 Å². The SMILES string of the molecule is C=C(C)c1ccc(C)cc1-c1c(O)cc(CCC)c(C(=O)O)c1O. The first-order valence-electron chi connectivity index (χ1n) is 7.85. The predicted octanol–water partition coefficient (Wildman–Crippen LogP) is 4.76. The minimum Gasteiger partial charge on any atom is -0.507 e. The standard InChI is InChI=1S/C20H22O4/c1-5-6-13-10-16(21)18(19(22)17(13)20(23)24)15-9-12(4)7-8-14(15)11(2)3/h7-10,21-22H,2,5-6H2,1,3-4H3,(H,23,24). The van der Waals surface area contributed by atoms with Crippen LogP contribution in [0.5, 0.6) is 11.5 Å². The van der Waals surface area contributed by atoms with Crippen molar-refractivity contribution in [3.8, 4) is 22.6 Å². The number of carboxylic acid groups (broad SMARTS) is 1. The lowest BCUT2D eigenvalue weighted by Gasteiger charge is -2.17. The molecule has 0 atom stereocenters. The van der Waals surface area contributed by atoms with E-state index in [-0.39, 0.29) is 16.9 Å². The third-order valence-electron chi connectivity index (χ3n) is 4.00. The molecule has 3 N–H and O–H groups in total. The lowest BCUT2D eigenvalue weighted by molar-refractivity contribution is 0.0692. The first-order chi connectivity index (χ1) is 11.3. The smallest absolute Gasteiger partial charge is 0.339 e. The van der Waals surface area contributed by atoms with E-state index in [2.05, 4.69) is 6.58 Å². The number of rotatable bonds is 5. The van der Waals surface area contributed by atoms with Gasteiger partial charge in [0.25, 0.3) is 0 Å². The zero-order chi connectivity index (χ0) is 18.0. The summed E-state index contributed by atoms with van der Waals surface area (Å²) in [7, 11) is 0. The Bertz CT molecular complexity index is 819. The molecule has 0 bridgehead atoms. The molecule has 0 radical (unpaired) electrons. The second kappa shape index (κ2) is 6.79. The number of carbonyl (C=O) groups is 1. The van der Waals surface area contributed by atoms with Gasteiger partial charge >= 0.3 is 5.97 Å². The average molecular weight is 326 g/mol. The molecule has 4 heteroatoms. The third-order valence-corrected chi connectivity index (χ3v) is 4.00. The zero-order valence-electron chi connectivity index (χ0n) is 14.2. The molecule has 0 amide bonds. The number of hydrogen-bond donors (Lipinski definition) is 3. The van der Waals surface area contributed by atoms with Crippen LogP contribution in [0.1, 0.15) is 47.3 Å². The fraction of sp³-hybridized carbons (Fsp3) is 0.250. The van der Waals surface area contributed by atoms with Gasteiger partial charge in [-0.3, -0.25) is 0 Å². The predicted molar refractivity (Wildman–Crippen MR) is 95.6 cm³/mol. The maximum absolute atomic E-state index is 11.6. The van der Waals surface area contributed by atoms with Crippen molar-refractivity contribution in [2.24, 2.45) is 0 Å². The van der Waals surface area contributed by atoms with Gasteiger partial charge in [0.1, 0.15) is 17.1 Å². The van der Waals surface area contributed by atoms with E-state index in [1.165, 1.54) is 6.07 Å². The molecule has 2 aromatic rings. The Labute approximate surface area is 141 Å². The Morgan fingerprint density at radius 2 is 1.88 bits per heavy atom. The van der Waals surface area contributed by atoms with Gasteiger partial charge in [-0.25, -0.2) is 4.79 Å². The highest BCUT2D eigenvalue weighted by Gasteiger charge is 2.24. The molecule has 0 saturated carbocycles. The lowest BCUT2D eigenvalue weighted by atomic mass is 9.89. The largest absolute Gasteiger partial charge is 0.507 e. The summed E-state index contributed by atoms with van der Waals surface area (Å²) in [6.07, 6.45) is 1.17. The Kier molecular flexibility index (Phi) is 4.98. The summed E-state index contributed by atoms with van der Waals surface area (Å²) in [5.41, 5.74) is 3.43. The van der Waals surface area contributed by atoms with Crippen LogP contribution in [0.4, 0.5) is 0 Å². The molecule has 0 aliphatic rings. The molecule has 0 spiro atoms. The minimum atomic E-state index is -1.21. The van der Waals surface area contributed by atoms with E-state index in [0.717, 1.165) is 16.7 Å². The van der Waals surface area contributed by atoms with E-state index in [4.69, 9.17) is 0 Å². The van der Waals surface area contributed by atoms with Gasteiger partial charge in [-0.05, 0) is 43.0 Å². The molecule has 0 aromatic heterocycles. The number of aryl methyl sites for hydroxylation is 2. The Morgan fingerprint density at radius 3 is 2.42 bits per heavy atom. The van der Waals surface area contributed by atoms with Gasteiger partial charge < -0.3 is 15.3 Å². The number of phenolic OH excluding ortho intramolecular Hbond substituents is 1. The summed E-state index contributed by atoms with van der Waals surface area (Å²) >= 11 is 0. The Balaban J connectivity index is 2.86. The Morgan fingerprint density at radius 1 is 1.21 bits per heavy atom. The molecular formula is C20H22O4. The second-order valence-electron chi connectivity index (χ2n) is 6.04. The zero-order valence-corrected chi connectivity index (χ0v) is 14.2. The normalized spacial score (nSPS) is 10.6. The van der Waals surface area contributed by atoms with Crippen molar-refractivity contribution >= 4 is 11.5 Å². The maximum Gasteiger partial charge on any atom is 0.339 e. The average Bonchev–Trinajstić information content (AvgIpc) is 2.46. The maximum atomic E-state index is 11.6. The molecule has 2 aromatic carbocycles. The van der Waals surface area contributed by atoms with Crippen LogP contribution in [0.3, 0.4) is 0 Å². The molecule has 0 heterocycles. The van der Waals surface area contributed by atoms with Crippen molar-refractivity contribution < 1.29 is 20.1 Å². The molecule has 126 valence electrons. The quantitative estimate of drug-likeness (QED) is 0.740. The van der Waals surface area contributed by atoms with Gasteiger partial charge in [-0.1, -0.05) is 49.3 Å².